The lowest BCUT2D eigenvalue weighted by molar-refractivity contribution is -0.0362. The maximum atomic E-state index is 15.0. The molecule has 2 aromatic rings. The highest BCUT2D eigenvalue weighted by molar-refractivity contribution is 6.30. The summed E-state index contributed by atoms with van der Waals surface area (Å²) < 4.78 is 26.6. The minimum atomic E-state index is -0.753. The number of hydrogen-bond acceptors (Lipinski definition) is 6. The van der Waals surface area contributed by atoms with Gasteiger partial charge in [0.2, 0.25) is 0 Å². The summed E-state index contributed by atoms with van der Waals surface area (Å²) in [6, 6.07) is 4.89. The molecule has 0 bridgehead atoms. The number of aromatic nitrogens is 1. The van der Waals surface area contributed by atoms with E-state index in [1.165, 1.54) is 12.3 Å². The van der Waals surface area contributed by atoms with Crippen LogP contribution in [0.5, 0.6) is 5.75 Å². The van der Waals surface area contributed by atoms with Crippen LogP contribution in [0.4, 0.5) is 4.39 Å². The predicted octanol–water partition coefficient (Wildman–Crippen LogP) is 3.00. The summed E-state index contributed by atoms with van der Waals surface area (Å²) in [6.45, 7) is 0.269. The fourth-order valence-corrected chi connectivity index (χ4v) is 4.87. The van der Waals surface area contributed by atoms with Crippen molar-refractivity contribution in [1.82, 2.24) is 4.98 Å². The summed E-state index contributed by atoms with van der Waals surface area (Å²) in [5, 5.41) is 10.5. The molecule has 3 heterocycles. The van der Waals surface area contributed by atoms with Crippen LogP contribution < -0.4 is 10.5 Å². The average molecular weight is 404 g/mol. The Balaban J connectivity index is 1.69. The van der Waals surface area contributed by atoms with Crippen LogP contribution in [0.1, 0.15) is 24.8 Å². The lowest BCUT2D eigenvalue weighted by Crippen LogP contribution is -2.51. The minimum Gasteiger partial charge on any atom is -0.489 e. The van der Waals surface area contributed by atoms with Gasteiger partial charge in [-0.1, -0.05) is 11.6 Å². The summed E-state index contributed by atoms with van der Waals surface area (Å²) >= 11 is 6.04. The SMILES string of the molecule is NC1=NC2(CO1)c1cc(-c3cncc(Cl)c3)c(F)cc1OC1CC(O)CC[C@@H]12. The molecule has 1 spiro atoms. The molecule has 1 fully saturated rings. The van der Waals surface area contributed by atoms with Crippen LogP contribution in [0.15, 0.2) is 35.6 Å². The number of aliphatic hydroxyl groups excluding tert-OH is 1. The molecule has 1 aromatic heterocycles. The van der Waals surface area contributed by atoms with Crippen molar-refractivity contribution >= 4 is 17.6 Å². The quantitative estimate of drug-likeness (QED) is 0.764. The van der Waals surface area contributed by atoms with Crippen LogP contribution in [0, 0.1) is 11.7 Å². The van der Waals surface area contributed by atoms with E-state index in [1.807, 2.05) is 0 Å². The lowest BCUT2D eigenvalue weighted by Gasteiger charge is -2.47. The minimum absolute atomic E-state index is 0.0137. The summed E-state index contributed by atoms with van der Waals surface area (Å²) in [5.41, 5.74) is 6.80. The van der Waals surface area contributed by atoms with Gasteiger partial charge in [0.25, 0.3) is 6.02 Å². The molecule has 2 aliphatic heterocycles. The van der Waals surface area contributed by atoms with Gasteiger partial charge in [-0.3, -0.25) is 4.98 Å². The molecule has 1 aliphatic carbocycles. The van der Waals surface area contributed by atoms with Crippen LogP contribution in [0.3, 0.4) is 0 Å². The number of rotatable bonds is 1. The molecule has 8 heteroatoms. The number of nitrogens with two attached hydrogens (primary N) is 1. The Bertz CT molecular complexity index is 985. The Labute approximate surface area is 166 Å². The molecule has 0 saturated heterocycles. The first-order chi connectivity index (χ1) is 13.5. The Morgan fingerprint density at radius 2 is 2.11 bits per heavy atom. The van der Waals surface area contributed by atoms with Crippen molar-refractivity contribution in [2.45, 2.75) is 37.0 Å². The second kappa shape index (κ2) is 6.32. The molecular weight excluding hydrogens is 385 g/mol. The Morgan fingerprint density at radius 3 is 2.86 bits per heavy atom. The zero-order valence-corrected chi connectivity index (χ0v) is 15.7. The maximum Gasteiger partial charge on any atom is 0.283 e. The van der Waals surface area contributed by atoms with Crippen molar-refractivity contribution in [2.75, 3.05) is 6.61 Å². The first-order valence-electron chi connectivity index (χ1n) is 9.24. The van der Waals surface area contributed by atoms with Gasteiger partial charge in [-0.2, -0.15) is 0 Å². The van der Waals surface area contributed by atoms with Crippen LogP contribution in [0.2, 0.25) is 5.02 Å². The van der Waals surface area contributed by atoms with E-state index >= 15 is 0 Å². The second-order valence-corrected chi connectivity index (χ2v) is 8.05. The third kappa shape index (κ3) is 2.64. The van der Waals surface area contributed by atoms with E-state index < -0.39 is 17.5 Å². The van der Waals surface area contributed by atoms with E-state index in [0.29, 0.717) is 34.7 Å². The number of hydrogen-bond donors (Lipinski definition) is 2. The fourth-order valence-electron chi connectivity index (χ4n) is 4.69. The largest absolute Gasteiger partial charge is 0.489 e. The fraction of sp³-hybridized carbons (Fsp3) is 0.400. The van der Waals surface area contributed by atoms with Gasteiger partial charge in [-0.25, -0.2) is 9.38 Å². The van der Waals surface area contributed by atoms with E-state index in [4.69, 9.17) is 26.8 Å². The smallest absolute Gasteiger partial charge is 0.283 e. The molecule has 3 unspecified atom stereocenters. The predicted molar refractivity (Wildman–Crippen MR) is 102 cm³/mol. The lowest BCUT2D eigenvalue weighted by atomic mass is 9.67. The van der Waals surface area contributed by atoms with Gasteiger partial charge >= 0.3 is 0 Å². The van der Waals surface area contributed by atoms with Gasteiger partial charge in [-0.15, -0.1) is 0 Å². The number of aliphatic imine (C=N–C) groups is 1. The van der Waals surface area contributed by atoms with E-state index in [2.05, 4.69) is 9.98 Å². The molecule has 6 nitrogen and oxygen atoms in total. The van der Waals surface area contributed by atoms with Gasteiger partial charge < -0.3 is 20.3 Å². The van der Waals surface area contributed by atoms with Crippen molar-refractivity contribution in [3.8, 4) is 16.9 Å². The number of fused-ring (bicyclic) bond motifs is 4. The number of ether oxygens (including phenoxy) is 2. The number of halogens is 2. The van der Waals surface area contributed by atoms with Gasteiger partial charge in [0.1, 0.15) is 29.8 Å². The number of benzene rings is 1. The molecule has 0 radical (unpaired) electrons. The summed E-state index contributed by atoms with van der Waals surface area (Å²) in [7, 11) is 0. The number of pyridine rings is 1. The van der Waals surface area contributed by atoms with Gasteiger partial charge in [0, 0.05) is 47.5 Å². The van der Waals surface area contributed by atoms with Gasteiger partial charge in [0.05, 0.1) is 11.1 Å². The first kappa shape index (κ1) is 17.7. The zero-order valence-electron chi connectivity index (χ0n) is 14.9. The summed E-state index contributed by atoms with van der Waals surface area (Å²) in [4.78, 5) is 8.72. The molecule has 5 rings (SSSR count). The molecule has 3 N–H and O–H groups in total. The van der Waals surface area contributed by atoms with Crippen molar-refractivity contribution < 1.29 is 19.0 Å². The van der Waals surface area contributed by atoms with Crippen molar-refractivity contribution in [1.29, 1.82) is 0 Å². The van der Waals surface area contributed by atoms with Crippen LogP contribution in [-0.2, 0) is 10.3 Å². The maximum absolute atomic E-state index is 15.0. The normalized spacial score (nSPS) is 30.8. The molecule has 0 amide bonds. The molecular formula is C20H19ClFN3O3. The van der Waals surface area contributed by atoms with Gasteiger partial charge in [-0.05, 0) is 25.0 Å². The van der Waals surface area contributed by atoms with Crippen LogP contribution >= 0.6 is 11.6 Å². The number of amidine groups is 1. The van der Waals surface area contributed by atoms with Crippen LogP contribution in [0.25, 0.3) is 11.1 Å². The van der Waals surface area contributed by atoms with Crippen molar-refractivity contribution in [3.63, 3.8) is 0 Å². The topological polar surface area (TPSA) is 90.0 Å². The van der Waals surface area contributed by atoms with Crippen molar-refractivity contribution in [3.05, 3.63) is 47.0 Å². The molecule has 28 heavy (non-hydrogen) atoms. The molecule has 1 aromatic carbocycles. The Kier molecular flexibility index (Phi) is 4.00. The number of nitrogens with zero attached hydrogens (tertiary/aromatic N) is 2. The van der Waals surface area contributed by atoms with E-state index in [0.717, 1.165) is 12.0 Å². The Hall–Kier alpha value is -2.38. The average Bonchev–Trinajstić information content (AvgIpc) is 3.03. The molecule has 146 valence electrons. The Morgan fingerprint density at radius 1 is 1.25 bits per heavy atom. The highest BCUT2D eigenvalue weighted by Crippen LogP contribution is 2.53. The first-order valence-corrected chi connectivity index (χ1v) is 9.62. The molecule has 4 atom stereocenters. The van der Waals surface area contributed by atoms with Crippen molar-refractivity contribution in [2.24, 2.45) is 16.6 Å². The zero-order chi connectivity index (χ0) is 19.5. The van der Waals surface area contributed by atoms with E-state index in [1.54, 1.807) is 18.3 Å². The summed E-state index contributed by atoms with van der Waals surface area (Å²) in [5.74, 6) is -0.0440. The molecule has 3 aliphatic rings. The highest BCUT2D eigenvalue weighted by Gasteiger charge is 2.55. The third-order valence-corrected chi connectivity index (χ3v) is 6.16. The molecule has 1 saturated carbocycles. The summed E-state index contributed by atoms with van der Waals surface area (Å²) in [6.07, 6.45) is 4.20. The number of aliphatic hydroxyl groups is 1. The standard InChI is InChI=1S/C20H19ClFN3O3/c21-11-3-10(7-24-8-11)13-5-15-18(6-16(13)22)28-17-4-12(26)1-2-14(17)20(15)9-27-19(23)25-20/h3,5-8,12,14,17,26H,1-2,4,9H2,(H2,23,25)/t12?,14-,17?,20?/m0/s1. The van der Waals surface area contributed by atoms with Gasteiger partial charge in [0.15, 0.2) is 0 Å². The second-order valence-electron chi connectivity index (χ2n) is 7.61. The highest BCUT2D eigenvalue weighted by atomic mass is 35.5. The monoisotopic (exact) mass is 403 g/mol. The third-order valence-electron chi connectivity index (χ3n) is 5.96. The van der Waals surface area contributed by atoms with E-state index in [9.17, 15) is 9.50 Å². The van der Waals surface area contributed by atoms with E-state index in [-0.39, 0.29) is 24.7 Å². The van der Waals surface area contributed by atoms with Crippen LogP contribution in [-0.4, -0.2) is 34.9 Å².